The molecule has 0 aliphatic rings. The third-order valence-corrected chi connectivity index (χ3v) is 4.32. The van der Waals surface area contributed by atoms with Gasteiger partial charge in [0.1, 0.15) is 5.75 Å². The molecule has 146 valence electrons. The van der Waals surface area contributed by atoms with Crippen molar-refractivity contribution in [1.82, 2.24) is 30.5 Å². The van der Waals surface area contributed by atoms with E-state index in [-0.39, 0.29) is 18.3 Å². The van der Waals surface area contributed by atoms with Gasteiger partial charge < -0.3 is 14.6 Å². The summed E-state index contributed by atoms with van der Waals surface area (Å²) in [6.07, 6.45) is 1.63. The van der Waals surface area contributed by atoms with E-state index in [1.165, 1.54) is 0 Å². The van der Waals surface area contributed by atoms with Gasteiger partial charge in [0.25, 0.3) is 0 Å². The number of methoxy groups -OCH3 is 1. The molecule has 0 radical (unpaired) electrons. The first kappa shape index (κ1) is 18.6. The van der Waals surface area contributed by atoms with E-state index in [0.29, 0.717) is 16.5 Å². The molecule has 0 aliphatic heterocycles. The van der Waals surface area contributed by atoms with Gasteiger partial charge in [0, 0.05) is 17.1 Å². The molecule has 0 saturated carbocycles. The fourth-order valence-corrected chi connectivity index (χ4v) is 2.73. The van der Waals surface area contributed by atoms with Crippen LogP contribution in [0.4, 0.5) is 0 Å². The molecule has 2 aromatic carbocycles. The highest BCUT2D eigenvalue weighted by molar-refractivity contribution is 6.30. The molecule has 10 heteroatoms. The summed E-state index contributed by atoms with van der Waals surface area (Å²) in [6, 6.07) is 14.5. The van der Waals surface area contributed by atoms with Gasteiger partial charge in [-0.2, -0.15) is 4.98 Å². The van der Waals surface area contributed by atoms with Crippen molar-refractivity contribution in [2.45, 2.75) is 6.54 Å². The smallest absolute Gasteiger partial charge is 0.316 e. The van der Waals surface area contributed by atoms with Crippen LogP contribution in [0.5, 0.6) is 5.75 Å². The molecule has 4 aromatic rings. The molecule has 2 aromatic heterocycles. The molecule has 29 heavy (non-hydrogen) atoms. The summed E-state index contributed by atoms with van der Waals surface area (Å²) >= 11 is 5.89. The van der Waals surface area contributed by atoms with Crippen LogP contribution < -0.4 is 10.1 Å². The van der Waals surface area contributed by atoms with E-state index in [2.05, 4.69) is 25.8 Å². The second kappa shape index (κ2) is 8.11. The first-order valence-electron chi connectivity index (χ1n) is 8.56. The number of hydrogen-bond acceptors (Lipinski definition) is 7. The molecule has 2 heterocycles. The Bertz CT molecular complexity index is 1140. The quantitative estimate of drug-likeness (QED) is 0.520. The molecule has 0 saturated heterocycles. The van der Waals surface area contributed by atoms with Gasteiger partial charge in [-0.25, -0.2) is 4.68 Å². The summed E-state index contributed by atoms with van der Waals surface area (Å²) in [4.78, 5) is 16.4. The molecule has 1 amide bonds. The molecular weight excluding hydrogens is 396 g/mol. The Morgan fingerprint density at radius 2 is 2.00 bits per heavy atom. The van der Waals surface area contributed by atoms with Crippen LogP contribution in [0.1, 0.15) is 16.2 Å². The molecule has 0 fully saturated rings. The highest BCUT2D eigenvalue weighted by atomic mass is 35.5. The van der Waals surface area contributed by atoms with Crippen LogP contribution in [-0.4, -0.2) is 38.2 Å². The standard InChI is InChI=1S/C19H15ClN6O3/c1-28-16-5-3-2-4-12(16)10-21-18(27)19-22-17(24-29-19)15-11-26(25-23-15)14-8-6-13(20)7-9-14/h2-9,11H,10H2,1H3,(H,21,27). The average molecular weight is 411 g/mol. The molecule has 0 spiro atoms. The zero-order valence-electron chi connectivity index (χ0n) is 15.2. The predicted molar refractivity (Wildman–Crippen MR) is 104 cm³/mol. The van der Waals surface area contributed by atoms with E-state index in [9.17, 15) is 4.79 Å². The number of aromatic nitrogens is 5. The van der Waals surface area contributed by atoms with E-state index in [0.717, 1.165) is 11.3 Å². The maximum absolute atomic E-state index is 12.3. The van der Waals surface area contributed by atoms with Crippen LogP contribution in [0.25, 0.3) is 17.2 Å². The highest BCUT2D eigenvalue weighted by Crippen LogP contribution is 2.18. The van der Waals surface area contributed by atoms with Gasteiger partial charge in [-0.3, -0.25) is 4.79 Å². The highest BCUT2D eigenvalue weighted by Gasteiger charge is 2.18. The third kappa shape index (κ3) is 4.09. The SMILES string of the molecule is COc1ccccc1CNC(=O)c1nc(-c2cn(-c3ccc(Cl)cc3)nn2)no1. The van der Waals surface area contributed by atoms with Gasteiger partial charge in [0.2, 0.25) is 5.82 Å². The van der Waals surface area contributed by atoms with E-state index >= 15 is 0 Å². The molecule has 0 unspecified atom stereocenters. The van der Waals surface area contributed by atoms with Gasteiger partial charge in [-0.1, -0.05) is 40.2 Å². The zero-order valence-corrected chi connectivity index (χ0v) is 16.0. The topological polar surface area (TPSA) is 108 Å². The second-order valence-electron chi connectivity index (χ2n) is 5.94. The van der Waals surface area contributed by atoms with Crippen LogP contribution in [0.2, 0.25) is 5.02 Å². The number of carbonyl (C=O) groups excluding carboxylic acids is 1. The number of nitrogens with one attached hydrogen (secondary N) is 1. The van der Waals surface area contributed by atoms with Crippen LogP contribution in [0, 0.1) is 0 Å². The van der Waals surface area contributed by atoms with Gasteiger partial charge in [0.15, 0.2) is 5.69 Å². The zero-order chi connectivity index (χ0) is 20.2. The van der Waals surface area contributed by atoms with Crippen LogP contribution in [-0.2, 0) is 6.54 Å². The van der Waals surface area contributed by atoms with Gasteiger partial charge in [0.05, 0.1) is 19.0 Å². The summed E-state index contributed by atoms with van der Waals surface area (Å²) in [5, 5.41) is 15.2. The second-order valence-corrected chi connectivity index (χ2v) is 6.38. The average Bonchev–Trinajstić information content (AvgIpc) is 3.42. The van der Waals surface area contributed by atoms with Gasteiger partial charge in [-0.15, -0.1) is 5.10 Å². The predicted octanol–water partition coefficient (Wildman–Crippen LogP) is 2.91. The Kier molecular flexibility index (Phi) is 5.21. The first-order valence-corrected chi connectivity index (χ1v) is 8.94. The van der Waals surface area contributed by atoms with Gasteiger partial charge >= 0.3 is 11.8 Å². The minimum Gasteiger partial charge on any atom is -0.496 e. The van der Waals surface area contributed by atoms with Crippen molar-refractivity contribution in [3.63, 3.8) is 0 Å². The Morgan fingerprint density at radius 1 is 1.21 bits per heavy atom. The molecule has 1 N–H and O–H groups in total. The number of ether oxygens (including phenoxy) is 1. The van der Waals surface area contributed by atoms with Crippen LogP contribution in [0.3, 0.4) is 0 Å². The Morgan fingerprint density at radius 3 is 2.79 bits per heavy atom. The van der Waals surface area contributed by atoms with Crippen molar-refractivity contribution in [3.8, 4) is 23.0 Å². The maximum atomic E-state index is 12.3. The number of benzene rings is 2. The number of rotatable bonds is 6. The summed E-state index contributed by atoms with van der Waals surface area (Å²) in [6.45, 7) is 0.257. The molecule has 0 atom stereocenters. The van der Waals surface area contributed by atoms with Crippen LogP contribution >= 0.6 is 11.6 Å². The number of hydrogen-bond donors (Lipinski definition) is 1. The molecule has 0 aliphatic carbocycles. The largest absolute Gasteiger partial charge is 0.496 e. The lowest BCUT2D eigenvalue weighted by Crippen LogP contribution is -2.23. The number of amides is 1. The van der Waals surface area contributed by atoms with Crippen molar-refractivity contribution in [2.75, 3.05) is 7.11 Å². The fourth-order valence-electron chi connectivity index (χ4n) is 2.61. The van der Waals surface area contributed by atoms with E-state index in [1.54, 1.807) is 42.3 Å². The maximum Gasteiger partial charge on any atom is 0.316 e. The fraction of sp³-hybridized carbons (Fsp3) is 0.105. The lowest BCUT2D eigenvalue weighted by Gasteiger charge is -2.07. The molecular formula is C19H15ClN6O3. The van der Waals surface area contributed by atoms with Crippen LogP contribution in [0.15, 0.2) is 59.3 Å². The van der Waals surface area contributed by atoms with Gasteiger partial charge in [-0.05, 0) is 30.3 Å². The summed E-state index contributed by atoms with van der Waals surface area (Å²) < 4.78 is 11.9. The monoisotopic (exact) mass is 410 g/mol. The van der Waals surface area contributed by atoms with Crippen molar-refractivity contribution in [3.05, 3.63) is 71.2 Å². The van der Waals surface area contributed by atoms with Crippen molar-refractivity contribution in [2.24, 2.45) is 0 Å². The lowest BCUT2D eigenvalue weighted by molar-refractivity contribution is 0.0906. The van der Waals surface area contributed by atoms with E-state index in [1.807, 2.05) is 24.3 Å². The Balaban J connectivity index is 1.45. The van der Waals surface area contributed by atoms with E-state index in [4.69, 9.17) is 20.9 Å². The number of nitrogens with zero attached hydrogens (tertiary/aromatic N) is 5. The summed E-state index contributed by atoms with van der Waals surface area (Å²) in [7, 11) is 1.57. The molecule has 4 rings (SSSR count). The minimum absolute atomic E-state index is 0.160. The van der Waals surface area contributed by atoms with E-state index < -0.39 is 5.91 Å². The minimum atomic E-state index is -0.500. The van der Waals surface area contributed by atoms with Crippen molar-refractivity contribution >= 4 is 17.5 Å². The van der Waals surface area contributed by atoms with Crippen molar-refractivity contribution in [1.29, 1.82) is 0 Å². The lowest BCUT2D eigenvalue weighted by atomic mass is 10.2. The Hall–Kier alpha value is -3.72. The summed E-state index contributed by atoms with van der Waals surface area (Å²) in [5.74, 6) is 0.168. The number of para-hydroxylation sites is 1. The summed E-state index contributed by atoms with van der Waals surface area (Å²) in [5.41, 5.74) is 1.97. The molecule has 9 nitrogen and oxygen atoms in total. The number of halogens is 1. The van der Waals surface area contributed by atoms with Crippen molar-refractivity contribution < 1.29 is 14.1 Å². The number of carbonyl (C=O) groups is 1. The molecule has 0 bridgehead atoms. The Labute approximate surface area is 170 Å². The third-order valence-electron chi connectivity index (χ3n) is 4.07. The normalized spacial score (nSPS) is 10.7. The first-order chi connectivity index (χ1) is 14.1.